The van der Waals surface area contributed by atoms with Gasteiger partial charge in [0.1, 0.15) is 11.5 Å². The molecule has 0 aliphatic carbocycles. The molecular formula is C17H15ClO3. The van der Waals surface area contributed by atoms with Crippen LogP contribution in [0.4, 0.5) is 0 Å². The molecule has 0 saturated heterocycles. The van der Waals surface area contributed by atoms with Gasteiger partial charge in [-0.2, -0.15) is 0 Å². The van der Waals surface area contributed by atoms with Crippen LogP contribution in [0.2, 0.25) is 5.02 Å². The lowest BCUT2D eigenvalue weighted by atomic mass is 10.1. The molecule has 4 heteroatoms. The number of rotatable bonds is 5. The molecule has 2 aromatic carbocycles. The van der Waals surface area contributed by atoms with Gasteiger partial charge < -0.3 is 9.47 Å². The molecule has 21 heavy (non-hydrogen) atoms. The molecule has 0 unspecified atom stereocenters. The van der Waals surface area contributed by atoms with E-state index in [2.05, 4.69) is 6.07 Å². The highest BCUT2D eigenvalue weighted by Crippen LogP contribution is 2.28. The summed E-state index contributed by atoms with van der Waals surface area (Å²) in [6.07, 6.45) is 2.48. The highest BCUT2D eigenvalue weighted by Gasteiger charge is 2.12. The third-order valence-electron chi connectivity index (χ3n) is 3.52. The van der Waals surface area contributed by atoms with Gasteiger partial charge in [0, 0.05) is 12.8 Å². The molecule has 0 atom stereocenters. The Morgan fingerprint density at radius 3 is 3.05 bits per heavy atom. The van der Waals surface area contributed by atoms with Crippen LogP contribution in [0.3, 0.4) is 0 Å². The molecule has 0 N–H and O–H groups in total. The molecule has 0 saturated carbocycles. The lowest BCUT2D eigenvalue weighted by Gasteiger charge is -2.10. The molecule has 0 fully saturated rings. The lowest BCUT2D eigenvalue weighted by molar-refractivity contribution is 0.111. The summed E-state index contributed by atoms with van der Waals surface area (Å²) in [5, 5.41) is 0.460. The van der Waals surface area contributed by atoms with Crippen LogP contribution < -0.4 is 9.47 Å². The van der Waals surface area contributed by atoms with E-state index in [1.54, 1.807) is 18.2 Å². The van der Waals surface area contributed by atoms with Gasteiger partial charge in [0.2, 0.25) is 0 Å². The third-order valence-corrected chi connectivity index (χ3v) is 3.81. The molecule has 0 bridgehead atoms. The second-order valence-corrected chi connectivity index (χ2v) is 5.32. The zero-order valence-corrected chi connectivity index (χ0v) is 12.2. The summed E-state index contributed by atoms with van der Waals surface area (Å²) in [7, 11) is 0. The van der Waals surface area contributed by atoms with Crippen molar-refractivity contribution in [3.8, 4) is 11.5 Å². The highest BCUT2D eigenvalue weighted by atomic mass is 35.5. The van der Waals surface area contributed by atoms with Gasteiger partial charge in [-0.1, -0.05) is 29.8 Å². The molecule has 1 aliphatic rings. The van der Waals surface area contributed by atoms with Crippen molar-refractivity contribution in [3.63, 3.8) is 0 Å². The zero-order valence-electron chi connectivity index (χ0n) is 11.5. The van der Waals surface area contributed by atoms with E-state index in [9.17, 15) is 4.79 Å². The van der Waals surface area contributed by atoms with E-state index < -0.39 is 0 Å². The zero-order chi connectivity index (χ0) is 14.7. The fraction of sp³-hybridized carbons (Fsp3) is 0.235. The summed E-state index contributed by atoms with van der Waals surface area (Å²) in [5.74, 6) is 1.44. The smallest absolute Gasteiger partial charge is 0.153 e. The van der Waals surface area contributed by atoms with Crippen LogP contribution in [0.1, 0.15) is 21.5 Å². The quantitative estimate of drug-likeness (QED) is 0.790. The first-order valence-electron chi connectivity index (χ1n) is 6.89. The normalized spacial score (nSPS) is 12.6. The van der Waals surface area contributed by atoms with Gasteiger partial charge >= 0.3 is 0 Å². The average molecular weight is 303 g/mol. The Bertz CT molecular complexity index is 667. The second kappa shape index (κ2) is 6.19. The number of halogens is 1. The second-order valence-electron chi connectivity index (χ2n) is 4.92. The molecule has 108 valence electrons. The first-order chi connectivity index (χ1) is 10.3. The van der Waals surface area contributed by atoms with Crippen molar-refractivity contribution in [2.75, 3.05) is 13.2 Å². The topological polar surface area (TPSA) is 35.5 Å². The first kappa shape index (κ1) is 14.0. The van der Waals surface area contributed by atoms with Crippen LogP contribution in [0.5, 0.6) is 11.5 Å². The molecule has 0 amide bonds. The van der Waals surface area contributed by atoms with E-state index in [0.717, 1.165) is 31.5 Å². The van der Waals surface area contributed by atoms with Gasteiger partial charge in [0.15, 0.2) is 6.29 Å². The Labute approximate surface area is 128 Å². The number of hydrogen-bond donors (Lipinski definition) is 0. The predicted octanol–water partition coefficient (Wildman–Crippen LogP) is 3.71. The Morgan fingerprint density at radius 2 is 2.19 bits per heavy atom. The first-order valence-corrected chi connectivity index (χ1v) is 7.27. The summed E-state index contributed by atoms with van der Waals surface area (Å²) in [5.41, 5.74) is 2.92. The van der Waals surface area contributed by atoms with E-state index in [0.29, 0.717) is 22.9 Å². The van der Waals surface area contributed by atoms with Gasteiger partial charge in [0.05, 0.1) is 23.8 Å². The number of aldehydes is 1. The van der Waals surface area contributed by atoms with Gasteiger partial charge in [-0.05, 0) is 29.3 Å². The maximum atomic E-state index is 11.0. The van der Waals surface area contributed by atoms with Crippen LogP contribution in [0.25, 0.3) is 0 Å². The maximum Gasteiger partial charge on any atom is 0.153 e. The van der Waals surface area contributed by atoms with E-state index in [1.165, 1.54) is 11.1 Å². The lowest BCUT2D eigenvalue weighted by Crippen LogP contribution is -2.04. The number of carbonyl (C=O) groups is 1. The predicted molar refractivity (Wildman–Crippen MR) is 81.7 cm³/mol. The molecule has 0 aromatic heterocycles. The SMILES string of the molecule is O=Cc1cccc(Cl)c1OCCc1ccc2c(c1)CCO2. The van der Waals surface area contributed by atoms with Crippen molar-refractivity contribution in [1.82, 2.24) is 0 Å². The number of fused-ring (bicyclic) bond motifs is 1. The van der Waals surface area contributed by atoms with Crippen LogP contribution in [-0.4, -0.2) is 19.5 Å². The van der Waals surface area contributed by atoms with Crippen LogP contribution in [0.15, 0.2) is 36.4 Å². The summed E-state index contributed by atoms with van der Waals surface area (Å²) in [6, 6.07) is 11.3. The van der Waals surface area contributed by atoms with Crippen LogP contribution >= 0.6 is 11.6 Å². The van der Waals surface area contributed by atoms with E-state index >= 15 is 0 Å². The minimum atomic E-state index is 0.457. The van der Waals surface area contributed by atoms with Crippen molar-refractivity contribution >= 4 is 17.9 Å². The summed E-state index contributed by atoms with van der Waals surface area (Å²) in [6.45, 7) is 1.24. The molecule has 0 spiro atoms. The van der Waals surface area contributed by atoms with Crippen molar-refractivity contribution < 1.29 is 14.3 Å². The maximum absolute atomic E-state index is 11.0. The minimum Gasteiger partial charge on any atom is -0.493 e. The number of benzene rings is 2. The van der Waals surface area contributed by atoms with E-state index in [4.69, 9.17) is 21.1 Å². The number of hydrogen-bond acceptors (Lipinski definition) is 3. The fourth-order valence-electron chi connectivity index (χ4n) is 2.44. The molecular weight excluding hydrogens is 288 g/mol. The highest BCUT2D eigenvalue weighted by molar-refractivity contribution is 6.32. The van der Waals surface area contributed by atoms with E-state index in [-0.39, 0.29) is 0 Å². The molecule has 0 radical (unpaired) electrons. The average Bonchev–Trinajstić information content (AvgIpc) is 2.96. The van der Waals surface area contributed by atoms with Crippen LogP contribution in [0, 0.1) is 0 Å². The summed E-state index contributed by atoms with van der Waals surface area (Å²) >= 11 is 6.07. The fourth-order valence-corrected chi connectivity index (χ4v) is 2.67. The summed E-state index contributed by atoms with van der Waals surface area (Å²) < 4.78 is 11.2. The Balaban J connectivity index is 1.65. The van der Waals surface area contributed by atoms with Gasteiger partial charge in [-0.15, -0.1) is 0 Å². The number of carbonyl (C=O) groups excluding carboxylic acids is 1. The molecule has 2 aromatic rings. The van der Waals surface area contributed by atoms with Crippen molar-refractivity contribution in [2.45, 2.75) is 12.8 Å². The third kappa shape index (κ3) is 3.03. The monoisotopic (exact) mass is 302 g/mol. The summed E-state index contributed by atoms with van der Waals surface area (Å²) in [4.78, 5) is 11.0. The number of ether oxygens (including phenoxy) is 2. The molecule has 3 nitrogen and oxygen atoms in total. The van der Waals surface area contributed by atoms with Gasteiger partial charge in [-0.3, -0.25) is 4.79 Å². The van der Waals surface area contributed by atoms with Crippen LogP contribution in [-0.2, 0) is 12.8 Å². The minimum absolute atomic E-state index is 0.457. The largest absolute Gasteiger partial charge is 0.493 e. The Morgan fingerprint density at radius 1 is 1.29 bits per heavy atom. The molecule has 1 aliphatic heterocycles. The van der Waals surface area contributed by atoms with Gasteiger partial charge in [-0.25, -0.2) is 0 Å². The Kier molecular flexibility index (Phi) is 4.11. The van der Waals surface area contributed by atoms with Crippen molar-refractivity contribution in [2.24, 2.45) is 0 Å². The standard InChI is InChI=1S/C17H15ClO3/c18-15-3-1-2-14(11-19)17(15)21-8-6-12-4-5-16-13(10-12)7-9-20-16/h1-5,10-11H,6-9H2. The van der Waals surface area contributed by atoms with E-state index in [1.807, 2.05) is 12.1 Å². The molecule has 1 heterocycles. The Hall–Kier alpha value is -2.00. The molecule has 3 rings (SSSR count). The van der Waals surface area contributed by atoms with Crippen molar-refractivity contribution in [3.05, 3.63) is 58.1 Å². The van der Waals surface area contributed by atoms with Crippen molar-refractivity contribution in [1.29, 1.82) is 0 Å². The van der Waals surface area contributed by atoms with Gasteiger partial charge in [0.25, 0.3) is 0 Å². The number of para-hydroxylation sites is 1.